The molecule has 0 radical (unpaired) electrons. The van der Waals surface area contributed by atoms with E-state index < -0.39 is 0 Å². The predicted molar refractivity (Wildman–Crippen MR) is 66.5 cm³/mol. The lowest BCUT2D eigenvalue weighted by atomic mass is 10.3. The van der Waals surface area contributed by atoms with Crippen LogP contribution in [-0.4, -0.2) is 16.9 Å². The highest BCUT2D eigenvalue weighted by molar-refractivity contribution is 5.89. The summed E-state index contributed by atoms with van der Waals surface area (Å²) in [6.07, 6.45) is 3.11. The number of aromatic nitrogens is 1. The summed E-state index contributed by atoms with van der Waals surface area (Å²) < 4.78 is 0. The van der Waals surface area contributed by atoms with Crippen LogP contribution < -0.4 is 10.6 Å². The Morgan fingerprint density at radius 2 is 2.19 bits per heavy atom. The number of hydrogen-bond acceptors (Lipinski definition) is 3. The molecule has 0 aromatic carbocycles. The van der Waals surface area contributed by atoms with Gasteiger partial charge in [0, 0.05) is 12.5 Å². The van der Waals surface area contributed by atoms with Crippen molar-refractivity contribution in [3.05, 3.63) is 18.3 Å². The maximum Gasteiger partial charge on any atom is 0.225 e. The van der Waals surface area contributed by atoms with Crippen LogP contribution in [0.1, 0.15) is 33.6 Å². The number of hydrogen-bond donors (Lipinski definition) is 2. The van der Waals surface area contributed by atoms with Crippen molar-refractivity contribution in [3.63, 3.8) is 0 Å². The van der Waals surface area contributed by atoms with Crippen LogP contribution in [0.2, 0.25) is 0 Å². The predicted octanol–water partition coefficient (Wildman–Crippen LogP) is 2.64. The van der Waals surface area contributed by atoms with Crippen molar-refractivity contribution in [1.82, 2.24) is 4.98 Å². The lowest BCUT2D eigenvalue weighted by Gasteiger charge is -2.10. The first-order chi connectivity index (χ1) is 7.61. The van der Waals surface area contributed by atoms with Crippen LogP contribution in [0, 0.1) is 0 Å². The summed E-state index contributed by atoms with van der Waals surface area (Å²) in [5, 5.41) is 5.98. The Morgan fingerprint density at radius 3 is 2.69 bits per heavy atom. The van der Waals surface area contributed by atoms with Crippen molar-refractivity contribution < 1.29 is 4.79 Å². The zero-order chi connectivity index (χ0) is 12.0. The van der Waals surface area contributed by atoms with E-state index in [0.717, 1.165) is 12.1 Å². The van der Waals surface area contributed by atoms with E-state index in [0.29, 0.717) is 18.3 Å². The normalized spacial score (nSPS) is 10.2. The molecule has 1 rings (SSSR count). The van der Waals surface area contributed by atoms with Gasteiger partial charge in [0.15, 0.2) is 0 Å². The minimum Gasteiger partial charge on any atom is -0.382 e. The van der Waals surface area contributed by atoms with E-state index in [-0.39, 0.29) is 5.91 Å². The lowest BCUT2D eigenvalue weighted by Crippen LogP contribution is -2.13. The van der Waals surface area contributed by atoms with E-state index in [9.17, 15) is 4.79 Å². The van der Waals surface area contributed by atoms with Crippen molar-refractivity contribution in [1.29, 1.82) is 0 Å². The van der Waals surface area contributed by atoms with Gasteiger partial charge in [0.1, 0.15) is 5.82 Å². The van der Waals surface area contributed by atoms with E-state index >= 15 is 0 Å². The number of carbonyl (C=O) groups excluding carboxylic acids is 1. The fraction of sp³-hybridized carbons (Fsp3) is 0.500. The summed E-state index contributed by atoms with van der Waals surface area (Å²) in [6.45, 7) is 6.11. The number of nitrogens with zero attached hydrogens (tertiary/aromatic N) is 1. The molecule has 0 bridgehead atoms. The maximum absolute atomic E-state index is 11.3. The molecule has 0 saturated carbocycles. The molecule has 0 atom stereocenters. The molecule has 0 aliphatic heterocycles. The maximum atomic E-state index is 11.3. The third-order valence-corrected chi connectivity index (χ3v) is 1.96. The highest BCUT2D eigenvalue weighted by atomic mass is 16.1. The zero-order valence-corrected chi connectivity index (χ0v) is 10.1. The molecule has 0 aliphatic carbocycles. The molecule has 1 amide bonds. The standard InChI is InChI=1S/C12H19N3O/c1-4-5-12(16)15-11-7-6-10(8-13-11)14-9(2)3/h6-9,14H,4-5H2,1-3H3,(H,13,15,16). The number of amides is 1. The molecule has 0 aliphatic rings. The van der Waals surface area contributed by atoms with Crippen molar-refractivity contribution >= 4 is 17.4 Å². The number of anilines is 2. The molecule has 88 valence electrons. The molecule has 1 aromatic rings. The Bertz CT molecular complexity index is 333. The van der Waals surface area contributed by atoms with Gasteiger partial charge in [-0.1, -0.05) is 6.92 Å². The van der Waals surface area contributed by atoms with Crippen LogP contribution in [0.25, 0.3) is 0 Å². The highest BCUT2D eigenvalue weighted by Crippen LogP contribution is 2.10. The van der Waals surface area contributed by atoms with Gasteiger partial charge in [-0.15, -0.1) is 0 Å². The van der Waals surface area contributed by atoms with Crippen molar-refractivity contribution in [2.45, 2.75) is 39.7 Å². The third kappa shape index (κ3) is 4.29. The molecule has 2 N–H and O–H groups in total. The summed E-state index contributed by atoms with van der Waals surface area (Å²) in [4.78, 5) is 15.5. The van der Waals surface area contributed by atoms with Gasteiger partial charge in [-0.2, -0.15) is 0 Å². The van der Waals surface area contributed by atoms with Crippen LogP contribution in [0.15, 0.2) is 18.3 Å². The summed E-state index contributed by atoms with van der Waals surface area (Å²) in [5.74, 6) is 0.618. The van der Waals surface area contributed by atoms with Crippen molar-refractivity contribution in [2.24, 2.45) is 0 Å². The van der Waals surface area contributed by atoms with Crippen LogP contribution in [-0.2, 0) is 4.79 Å². The smallest absolute Gasteiger partial charge is 0.225 e. The number of carbonyl (C=O) groups is 1. The summed E-state index contributed by atoms with van der Waals surface area (Å²) in [6, 6.07) is 4.09. The average molecular weight is 221 g/mol. The summed E-state index contributed by atoms with van der Waals surface area (Å²) in [7, 11) is 0. The second kappa shape index (κ2) is 6.10. The largest absolute Gasteiger partial charge is 0.382 e. The van der Waals surface area contributed by atoms with Gasteiger partial charge in [0.25, 0.3) is 0 Å². The van der Waals surface area contributed by atoms with Crippen molar-refractivity contribution in [3.8, 4) is 0 Å². The number of pyridine rings is 1. The molecule has 0 saturated heterocycles. The van der Waals surface area contributed by atoms with Gasteiger partial charge in [-0.25, -0.2) is 4.98 Å². The van der Waals surface area contributed by atoms with E-state index in [4.69, 9.17) is 0 Å². The van der Waals surface area contributed by atoms with Gasteiger partial charge in [0.2, 0.25) is 5.91 Å². The van der Waals surface area contributed by atoms with E-state index in [1.165, 1.54) is 0 Å². The van der Waals surface area contributed by atoms with Gasteiger partial charge in [-0.05, 0) is 32.4 Å². The van der Waals surface area contributed by atoms with E-state index in [1.807, 2.05) is 13.0 Å². The Kier molecular flexibility index (Phi) is 4.76. The molecular weight excluding hydrogens is 202 g/mol. The fourth-order valence-corrected chi connectivity index (χ4v) is 1.32. The monoisotopic (exact) mass is 221 g/mol. The Hall–Kier alpha value is -1.58. The molecule has 4 heteroatoms. The molecule has 0 fully saturated rings. The third-order valence-electron chi connectivity index (χ3n) is 1.96. The Balaban J connectivity index is 2.54. The lowest BCUT2D eigenvalue weighted by molar-refractivity contribution is -0.116. The zero-order valence-electron chi connectivity index (χ0n) is 10.1. The molecular formula is C12H19N3O. The minimum absolute atomic E-state index is 0.0135. The number of nitrogens with one attached hydrogen (secondary N) is 2. The SMILES string of the molecule is CCCC(=O)Nc1ccc(NC(C)C)cn1. The first kappa shape index (κ1) is 12.5. The first-order valence-corrected chi connectivity index (χ1v) is 5.64. The topological polar surface area (TPSA) is 54.0 Å². The second-order valence-electron chi connectivity index (χ2n) is 4.03. The second-order valence-corrected chi connectivity index (χ2v) is 4.03. The Morgan fingerprint density at radius 1 is 1.44 bits per heavy atom. The minimum atomic E-state index is 0.0135. The molecule has 0 unspecified atom stereocenters. The molecule has 0 spiro atoms. The van der Waals surface area contributed by atoms with Crippen molar-refractivity contribution in [2.75, 3.05) is 10.6 Å². The quantitative estimate of drug-likeness (QED) is 0.803. The number of rotatable bonds is 5. The fourth-order valence-electron chi connectivity index (χ4n) is 1.32. The van der Waals surface area contributed by atoms with Gasteiger partial charge in [0.05, 0.1) is 11.9 Å². The molecule has 4 nitrogen and oxygen atoms in total. The van der Waals surface area contributed by atoms with Gasteiger partial charge < -0.3 is 10.6 Å². The van der Waals surface area contributed by atoms with Gasteiger partial charge >= 0.3 is 0 Å². The summed E-state index contributed by atoms with van der Waals surface area (Å²) >= 11 is 0. The van der Waals surface area contributed by atoms with Crippen LogP contribution in [0.5, 0.6) is 0 Å². The van der Waals surface area contributed by atoms with Crippen LogP contribution >= 0.6 is 0 Å². The van der Waals surface area contributed by atoms with Crippen LogP contribution in [0.3, 0.4) is 0 Å². The van der Waals surface area contributed by atoms with E-state index in [1.54, 1.807) is 12.3 Å². The first-order valence-electron chi connectivity index (χ1n) is 5.64. The van der Waals surface area contributed by atoms with E-state index in [2.05, 4.69) is 29.5 Å². The highest BCUT2D eigenvalue weighted by Gasteiger charge is 2.02. The molecule has 16 heavy (non-hydrogen) atoms. The Labute approximate surface area is 96.5 Å². The molecule has 1 aromatic heterocycles. The molecule has 1 heterocycles. The average Bonchev–Trinajstić information content (AvgIpc) is 2.20. The summed E-state index contributed by atoms with van der Waals surface area (Å²) in [5.41, 5.74) is 0.962. The van der Waals surface area contributed by atoms with Crippen LogP contribution in [0.4, 0.5) is 11.5 Å². The van der Waals surface area contributed by atoms with Gasteiger partial charge in [-0.3, -0.25) is 4.79 Å².